The van der Waals surface area contributed by atoms with E-state index < -0.39 is 0 Å². The molecule has 1 aromatic rings. The SMILES string of the molecule is Cc1nn(C)cc1CCCO. The fraction of sp³-hybridized carbons (Fsp3) is 0.625. The first-order chi connectivity index (χ1) is 5.24. The second kappa shape index (κ2) is 3.53. The zero-order valence-corrected chi connectivity index (χ0v) is 7.04. The molecule has 0 bridgehead atoms. The molecule has 0 fully saturated rings. The summed E-state index contributed by atoms with van der Waals surface area (Å²) in [4.78, 5) is 0. The molecule has 62 valence electrons. The van der Waals surface area contributed by atoms with E-state index in [1.807, 2.05) is 24.9 Å². The van der Waals surface area contributed by atoms with E-state index in [1.165, 1.54) is 5.56 Å². The highest BCUT2D eigenvalue weighted by atomic mass is 16.2. The summed E-state index contributed by atoms with van der Waals surface area (Å²) in [6.07, 6.45) is 3.76. The largest absolute Gasteiger partial charge is 0.396 e. The van der Waals surface area contributed by atoms with Gasteiger partial charge in [-0.05, 0) is 25.3 Å². The summed E-state index contributed by atoms with van der Waals surface area (Å²) in [5.74, 6) is 0. The summed E-state index contributed by atoms with van der Waals surface area (Å²) >= 11 is 0. The Morgan fingerprint density at radius 3 is 2.82 bits per heavy atom. The van der Waals surface area contributed by atoms with Crippen molar-refractivity contribution in [2.45, 2.75) is 19.8 Å². The third kappa shape index (κ3) is 2.05. The molecular weight excluding hydrogens is 140 g/mol. The van der Waals surface area contributed by atoms with Crippen molar-refractivity contribution >= 4 is 0 Å². The van der Waals surface area contributed by atoms with E-state index in [4.69, 9.17) is 5.11 Å². The van der Waals surface area contributed by atoms with Gasteiger partial charge in [-0.15, -0.1) is 0 Å². The van der Waals surface area contributed by atoms with Crippen molar-refractivity contribution in [1.82, 2.24) is 9.78 Å². The van der Waals surface area contributed by atoms with Crippen LogP contribution in [0.4, 0.5) is 0 Å². The number of aliphatic hydroxyl groups excluding tert-OH is 1. The molecule has 1 aromatic heterocycles. The van der Waals surface area contributed by atoms with Crippen molar-refractivity contribution < 1.29 is 5.11 Å². The summed E-state index contributed by atoms with van der Waals surface area (Å²) in [5.41, 5.74) is 2.31. The highest BCUT2D eigenvalue weighted by molar-refractivity contribution is 5.15. The molecule has 3 nitrogen and oxygen atoms in total. The summed E-state index contributed by atoms with van der Waals surface area (Å²) < 4.78 is 1.81. The summed E-state index contributed by atoms with van der Waals surface area (Å²) in [5, 5.41) is 12.8. The molecule has 11 heavy (non-hydrogen) atoms. The quantitative estimate of drug-likeness (QED) is 0.694. The van der Waals surface area contributed by atoms with Crippen LogP contribution in [0.5, 0.6) is 0 Å². The maximum atomic E-state index is 8.60. The van der Waals surface area contributed by atoms with Gasteiger partial charge in [0.15, 0.2) is 0 Å². The second-order valence-corrected chi connectivity index (χ2v) is 2.74. The molecule has 0 aliphatic rings. The molecule has 0 aliphatic carbocycles. The van der Waals surface area contributed by atoms with Crippen molar-refractivity contribution in [1.29, 1.82) is 0 Å². The minimum Gasteiger partial charge on any atom is -0.396 e. The Morgan fingerprint density at radius 2 is 2.36 bits per heavy atom. The summed E-state index contributed by atoms with van der Waals surface area (Å²) in [6, 6.07) is 0. The lowest BCUT2D eigenvalue weighted by Crippen LogP contribution is -1.89. The highest BCUT2D eigenvalue weighted by Crippen LogP contribution is 2.06. The Hall–Kier alpha value is -0.830. The standard InChI is InChI=1S/C8H14N2O/c1-7-8(4-3-5-11)6-10(2)9-7/h6,11H,3-5H2,1-2H3. The lowest BCUT2D eigenvalue weighted by atomic mass is 10.1. The molecule has 0 atom stereocenters. The van der Waals surface area contributed by atoms with Gasteiger partial charge in [0, 0.05) is 19.9 Å². The van der Waals surface area contributed by atoms with Crippen LogP contribution in [0.2, 0.25) is 0 Å². The molecule has 3 heteroatoms. The molecule has 0 saturated carbocycles. The van der Waals surface area contributed by atoms with Gasteiger partial charge in [-0.25, -0.2) is 0 Å². The van der Waals surface area contributed by atoms with Crippen LogP contribution in [0.1, 0.15) is 17.7 Å². The van der Waals surface area contributed by atoms with Crippen LogP contribution in [0.25, 0.3) is 0 Å². The van der Waals surface area contributed by atoms with E-state index in [2.05, 4.69) is 5.10 Å². The number of hydrogen-bond donors (Lipinski definition) is 1. The number of hydrogen-bond acceptors (Lipinski definition) is 2. The molecule has 1 rings (SSSR count). The second-order valence-electron chi connectivity index (χ2n) is 2.74. The van der Waals surface area contributed by atoms with E-state index in [0.717, 1.165) is 18.5 Å². The van der Waals surface area contributed by atoms with Crippen LogP contribution in [-0.4, -0.2) is 21.5 Å². The maximum absolute atomic E-state index is 8.60. The minimum atomic E-state index is 0.258. The van der Waals surface area contributed by atoms with Gasteiger partial charge in [0.1, 0.15) is 0 Å². The summed E-state index contributed by atoms with van der Waals surface area (Å²) in [6.45, 7) is 2.25. The van der Waals surface area contributed by atoms with E-state index in [1.54, 1.807) is 0 Å². The summed E-state index contributed by atoms with van der Waals surface area (Å²) in [7, 11) is 1.91. The minimum absolute atomic E-state index is 0.258. The highest BCUT2D eigenvalue weighted by Gasteiger charge is 2.00. The van der Waals surface area contributed by atoms with Crippen molar-refractivity contribution in [3.63, 3.8) is 0 Å². The Bertz CT molecular complexity index is 230. The molecule has 0 saturated heterocycles. The third-order valence-electron chi connectivity index (χ3n) is 1.72. The van der Waals surface area contributed by atoms with E-state index in [0.29, 0.717) is 0 Å². The predicted octanol–water partition coefficient (Wildman–Crippen LogP) is 0.653. The molecule has 1 N–H and O–H groups in total. The van der Waals surface area contributed by atoms with Crippen molar-refractivity contribution in [2.24, 2.45) is 7.05 Å². The molecule has 0 radical (unpaired) electrons. The van der Waals surface area contributed by atoms with E-state index in [-0.39, 0.29) is 6.61 Å². The van der Waals surface area contributed by atoms with E-state index in [9.17, 15) is 0 Å². The fourth-order valence-electron chi connectivity index (χ4n) is 1.16. The Balaban J connectivity index is 2.62. The fourth-order valence-corrected chi connectivity index (χ4v) is 1.16. The normalized spacial score (nSPS) is 10.5. The van der Waals surface area contributed by atoms with Gasteiger partial charge in [0.25, 0.3) is 0 Å². The first-order valence-corrected chi connectivity index (χ1v) is 3.84. The Labute approximate surface area is 66.7 Å². The zero-order chi connectivity index (χ0) is 8.27. The van der Waals surface area contributed by atoms with Crippen molar-refractivity contribution in [3.05, 3.63) is 17.5 Å². The molecule has 0 amide bonds. The number of aromatic nitrogens is 2. The first-order valence-electron chi connectivity index (χ1n) is 3.84. The average Bonchev–Trinajstić information content (AvgIpc) is 2.26. The first kappa shape index (κ1) is 8.27. The molecule has 0 unspecified atom stereocenters. The molecule has 0 aromatic carbocycles. The van der Waals surface area contributed by atoms with Gasteiger partial charge in [0.2, 0.25) is 0 Å². The van der Waals surface area contributed by atoms with Gasteiger partial charge in [-0.1, -0.05) is 0 Å². The lowest BCUT2D eigenvalue weighted by molar-refractivity contribution is 0.288. The van der Waals surface area contributed by atoms with Crippen LogP contribution in [-0.2, 0) is 13.5 Å². The smallest absolute Gasteiger partial charge is 0.0625 e. The van der Waals surface area contributed by atoms with Gasteiger partial charge in [-0.3, -0.25) is 4.68 Å². The van der Waals surface area contributed by atoms with Gasteiger partial charge >= 0.3 is 0 Å². The zero-order valence-electron chi connectivity index (χ0n) is 7.04. The topological polar surface area (TPSA) is 38.0 Å². The van der Waals surface area contributed by atoms with Crippen LogP contribution in [0, 0.1) is 6.92 Å². The van der Waals surface area contributed by atoms with Crippen LogP contribution < -0.4 is 0 Å². The number of aliphatic hydroxyl groups is 1. The Kier molecular flexibility index (Phi) is 2.65. The van der Waals surface area contributed by atoms with Gasteiger partial charge < -0.3 is 5.11 Å². The maximum Gasteiger partial charge on any atom is 0.0625 e. The lowest BCUT2D eigenvalue weighted by Gasteiger charge is -1.93. The van der Waals surface area contributed by atoms with Crippen LogP contribution in [0.15, 0.2) is 6.20 Å². The number of nitrogens with zero attached hydrogens (tertiary/aromatic N) is 2. The van der Waals surface area contributed by atoms with Crippen LogP contribution in [0.3, 0.4) is 0 Å². The molecular formula is C8H14N2O. The Morgan fingerprint density at radius 1 is 1.64 bits per heavy atom. The van der Waals surface area contributed by atoms with Gasteiger partial charge in [-0.2, -0.15) is 5.10 Å². The van der Waals surface area contributed by atoms with Crippen molar-refractivity contribution in [2.75, 3.05) is 6.61 Å². The number of rotatable bonds is 3. The molecule has 0 aliphatic heterocycles. The van der Waals surface area contributed by atoms with Gasteiger partial charge in [0.05, 0.1) is 5.69 Å². The number of aryl methyl sites for hydroxylation is 3. The van der Waals surface area contributed by atoms with Crippen molar-refractivity contribution in [3.8, 4) is 0 Å². The average molecular weight is 154 g/mol. The third-order valence-corrected chi connectivity index (χ3v) is 1.72. The molecule has 0 spiro atoms. The van der Waals surface area contributed by atoms with Crippen LogP contribution >= 0.6 is 0 Å². The molecule has 1 heterocycles. The van der Waals surface area contributed by atoms with E-state index >= 15 is 0 Å². The predicted molar refractivity (Wildman–Crippen MR) is 43.4 cm³/mol. The monoisotopic (exact) mass is 154 g/mol.